The molecule has 0 bridgehead atoms. The Balaban J connectivity index is 3.40. The molecule has 0 aliphatic rings. The van der Waals surface area contributed by atoms with Gasteiger partial charge in [0.15, 0.2) is 0 Å². The average Bonchev–Trinajstić information content (AvgIpc) is 2.35. The van der Waals surface area contributed by atoms with Gasteiger partial charge in [0.25, 0.3) is 0 Å². The Morgan fingerprint density at radius 3 is 2.11 bits per heavy atom. The number of nitrogens with one attached hydrogen (secondary N) is 1. The Labute approximate surface area is 112 Å². The van der Waals surface area contributed by atoms with Gasteiger partial charge in [-0.25, -0.2) is 5.43 Å². The van der Waals surface area contributed by atoms with Crippen molar-refractivity contribution in [2.24, 2.45) is 5.10 Å². The number of unbranched alkanes of at least 4 members (excludes halogenated alkanes) is 6. The van der Waals surface area contributed by atoms with E-state index in [1.807, 2.05) is 6.92 Å². The van der Waals surface area contributed by atoms with Crippen LogP contribution in [0, 0.1) is 0 Å². The summed E-state index contributed by atoms with van der Waals surface area (Å²) >= 11 is 0. The molecule has 0 spiro atoms. The second-order valence-electron chi connectivity index (χ2n) is 5.00. The zero-order valence-electron chi connectivity index (χ0n) is 12.4. The first-order chi connectivity index (χ1) is 8.70. The van der Waals surface area contributed by atoms with E-state index in [2.05, 4.69) is 24.4 Å². The summed E-state index contributed by atoms with van der Waals surface area (Å²) in [5.41, 5.74) is 3.63. The van der Waals surface area contributed by atoms with Crippen LogP contribution in [0.3, 0.4) is 0 Å². The quantitative estimate of drug-likeness (QED) is 0.331. The van der Waals surface area contributed by atoms with E-state index in [4.69, 9.17) is 0 Å². The largest absolute Gasteiger partial charge is 0.273 e. The number of amides is 1. The molecule has 1 amide bonds. The third-order valence-corrected chi connectivity index (χ3v) is 2.99. The first-order valence-corrected chi connectivity index (χ1v) is 7.52. The predicted molar refractivity (Wildman–Crippen MR) is 78.8 cm³/mol. The molecule has 0 radical (unpaired) electrons. The molecule has 0 aliphatic heterocycles. The van der Waals surface area contributed by atoms with E-state index in [0.29, 0.717) is 6.42 Å². The summed E-state index contributed by atoms with van der Waals surface area (Å²) in [6.07, 6.45) is 11.3. The highest BCUT2D eigenvalue weighted by Gasteiger charge is 1.99. The van der Waals surface area contributed by atoms with E-state index in [0.717, 1.165) is 31.4 Å². The molecule has 0 aromatic rings. The number of carbonyl (C=O) groups is 1. The summed E-state index contributed by atoms with van der Waals surface area (Å²) in [7, 11) is 0. The lowest BCUT2D eigenvalue weighted by Crippen LogP contribution is -2.18. The van der Waals surface area contributed by atoms with Crippen LogP contribution in [-0.2, 0) is 4.79 Å². The molecule has 0 atom stereocenters. The summed E-state index contributed by atoms with van der Waals surface area (Å²) in [4.78, 5) is 11.5. The highest BCUT2D eigenvalue weighted by atomic mass is 16.2. The van der Waals surface area contributed by atoms with Gasteiger partial charge >= 0.3 is 0 Å². The molecule has 0 saturated carbocycles. The minimum atomic E-state index is 0.0546. The van der Waals surface area contributed by atoms with Gasteiger partial charge in [-0.15, -0.1) is 0 Å². The number of hydrogen-bond acceptors (Lipinski definition) is 2. The zero-order chi connectivity index (χ0) is 13.6. The molecule has 0 aliphatic carbocycles. The Bertz CT molecular complexity index is 237. The van der Waals surface area contributed by atoms with Crippen molar-refractivity contribution in [1.29, 1.82) is 0 Å². The fourth-order valence-corrected chi connectivity index (χ4v) is 1.87. The van der Waals surface area contributed by atoms with Crippen molar-refractivity contribution in [3.63, 3.8) is 0 Å². The van der Waals surface area contributed by atoms with Crippen molar-refractivity contribution in [2.75, 3.05) is 0 Å². The van der Waals surface area contributed by atoms with Gasteiger partial charge < -0.3 is 0 Å². The maximum atomic E-state index is 11.5. The topological polar surface area (TPSA) is 41.5 Å². The van der Waals surface area contributed by atoms with Crippen LogP contribution >= 0.6 is 0 Å². The molecular formula is C15H30N2O. The minimum Gasteiger partial charge on any atom is -0.273 e. The Hall–Kier alpha value is -0.860. The van der Waals surface area contributed by atoms with Crippen molar-refractivity contribution in [3.05, 3.63) is 0 Å². The van der Waals surface area contributed by atoms with Crippen molar-refractivity contribution in [2.45, 2.75) is 85.0 Å². The Morgan fingerprint density at radius 1 is 0.889 bits per heavy atom. The predicted octanol–water partition coefficient (Wildman–Crippen LogP) is 4.42. The van der Waals surface area contributed by atoms with Gasteiger partial charge in [-0.3, -0.25) is 4.79 Å². The SMILES string of the molecule is CCCCCCCCCC(=O)NN=C(C)CCC. The van der Waals surface area contributed by atoms with Crippen molar-refractivity contribution in [3.8, 4) is 0 Å². The van der Waals surface area contributed by atoms with Gasteiger partial charge in [0.05, 0.1) is 0 Å². The van der Waals surface area contributed by atoms with Gasteiger partial charge in [0, 0.05) is 12.1 Å². The first-order valence-electron chi connectivity index (χ1n) is 7.52. The van der Waals surface area contributed by atoms with E-state index in [-0.39, 0.29) is 5.91 Å². The van der Waals surface area contributed by atoms with E-state index in [1.54, 1.807) is 0 Å². The molecular weight excluding hydrogens is 224 g/mol. The molecule has 0 rings (SSSR count). The molecule has 0 saturated heterocycles. The fraction of sp³-hybridized carbons (Fsp3) is 0.867. The molecule has 18 heavy (non-hydrogen) atoms. The van der Waals surface area contributed by atoms with Crippen LogP contribution in [0.1, 0.15) is 85.0 Å². The van der Waals surface area contributed by atoms with Gasteiger partial charge in [-0.1, -0.05) is 58.8 Å². The average molecular weight is 254 g/mol. The second kappa shape index (κ2) is 12.6. The van der Waals surface area contributed by atoms with Crippen LogP contribution in [0.2, 0.25) is 0 Å². The van der Waals surface area contributed by atoms with E-state index in [1.165, 1.54) is 32.1 Å². The third-order valence-electron chi connectivity index (χ3n) is 2.99. The molecule has 106 valence electrons. The monoisotopic (exact) mass is 254 g/mol. The number of rotatable bonds is 11. The number of hydrogen-bond donors (Lipinski definition) is 1. The van der Waals surface area contributed by atoms with Crippen LogP contribution in [0.25, 0.3) is 0 Å². The normalized spacial score (nSPS) is 11.6. The summed E-state index contributed by atoms with van der Waals surface area (Å²) in [6.45, 7) is 6.29. The van der Waals surface area contributed by atoms with Gasteiger partial charge in [-0.2, -0.15) is 5.10 Å². The van der Waals surface area contributed by atoms with E-state index >= 15 is 0 Å². The third kappa shape index (κ3) is 11.6. The molecule has 1 N–H and O–H groups in total. The van der Waals surface area contributed by atoms with E-state index in [9.17, 15) is 4.79 Å². The fourth-order valence-electron chi connectivity index (χ4n) is 1.87. The molecule has 0 unspecified atom stereocenters. The number of hydrazone groups is 1. The summed E-state index contributed by atoms with van der Waals surface area (Å²) in [5.74, 6) is 0.0546. The minimum absolute atomic E-state index is 0.0546. The van der Waals surface area contributed by atoms with Crippen LogP contribution < -0.4 is 5.43 Å². The maximum absolute atomic E-state index is 11.5. The van der Waals surface area contributed by atoms with Gasteiger partial charge in [0.2, 0.25) is 5.91 Å². The lowest BCUT2D eigenvalue weighted by molar-refractivity contribution is -0.121. The molecule has 3 heteroatoms. The number of carbonyl (C=O) groups excluding carboxylic acids is 1. The Morgan fingerprint density at radius 2 is 1.50 bits per heavy atom. The number of nitrogens with zero attached hydrogens (tertiary/aromatic N) is 1. The van der Waals surface area contributed by atoms with Crippen LogP contribution in [0.15, 0.2) is 5.10 Å². The van der Waals surface area contributed by atoms with Crippen molar-refractivity contribution in [1.82, 2.24) is 5.43 Å². The van der Waals surface area contributed by atoms with Crippen LogP contribution in [0.4, 0.5) is 0 Å². The molecule has 0 fully saturated rings. The highest BCUT2D eigenvalue weighted by Crippen LogP contribution is 2.08. The summed E-state index contributed by atoms with van der Waals surface area (Å²) in [5, 5.41) is 4.07. The Kier molecular flexibility index (Phi) is 12.0. The first kappa shape index (κ1) is 17.1. The lowest BCUT2D eigenvalue weighted by atomic mass is 10.1. The van der Waals surface area contributed by atoms with Gasteiger partial charge in [-0.05, 0) is 19.8 Å². The van der Waals surface area contributed by atoms with Crippen molar-refractivity contribution < 1.29 is 4.79 Å². The van der Waals surface area contributed by atoms with Gasteiger partial charge in [0.1, 0.15) is 0 Å². The zero-order valence-corrected chi connectivity index (χ0v) is 12.4. The summed E-state index contributed by atoms with van der Waals surface area (Å²) < 4.78 is 0. The molecule has 3 nitrogen and oxygen atoms in total. The van der Waals surface area contributed by atoms with Crippen LogP contribution in [0.5, 0.6) is 0 Å². The maximum Gasteiger partial charge on any atom is 0.240 e. The van der Waals surface area contributed by atoms with Crippen molar-refractivity contribution >= 4 is 11.6 Å². The molecule has 0 heterocycles. The smallest absolute Gasteiger partial charge is 0.240 e. The second-order valence-corrected chi connectivity index (χ2v) is 5.00. The van der Waals surface area contributed by atoms with E-state index < -0.39 is 0 Å². The summed E-state index contributed by atoms with van der Waals surface area (Å²) in [6, 6.07) is 0. The molecule has 0 aromatic carbocycles. The lowest BCUT2D eigenvalue weighted by Gasteiger charge is -2.02. The molecule has 0 aromatic heterocycles. The van der Waals surface area contributed by atoms with Crippen LogP contribution in [-0.4, -0.2) is 11.6 Å². The highest BCUT2D eigenvalue weighted by molar-refractivity contribution is 5.84. The standard InChI is InChI=1S/C15H30N2O/c1-4-6-7-8-9-10-11-13-15(18)17-16-14(3)12-5-2/h4-13H2,1-3H3,(H,17,18).